The van der Waals surface area contributed by atoms with Gasteiger partial charge in [-0.1, -0.05) is 12.1 Å². The zero-order chi connectivity index (χ0) is 22.4. The Kier molecular flexibility index (Phi) is 5.26. The van der Waals surface area contributed by atoms with Crippen LogP contribution in [-0.2, 0) is 19.9 Å². The Labute approximate surface area is 177 Å². The molecule has 0 spiro atoms. The van der Waals surface area contributed by atoms with Gasteiger partial charge in [0.15, 0.2) is 0 Å². The molecule has 1 aromatic heterocycles. The fourth-order valence-electron chi connectivity index (χ4n) is 3.57. The van der Waals surface area contributed by atoms with Gasteiger partial charge >= 0.3 is 5.51 Å². The Morgan fingerprint density at radius 2 is 1.52 bits per heavy atom. The SMILES string of the molecule is O=S(=O)(c1cccc(S(=O)(=O)C(F)(F)F)c1)n1ccc2c(N3CCNCC3)cccc21. The van der Waals surface area contributed by atoms with Crippen LogP contribution in [0.1, 0.15) is 0 Å². The molecule has 2 heterocycles. The molecule has 0 unspecified atom stereocenters. The van der Waals surface area contributed by atoms with Crippen LogP contribution in [0.25, 0.3) is 10.9 Å². The molecule has 1 saturated heterocycles. The number of hydrogen-bond acceptors (Lipinski definition) is 6. The van der Waals surface area contributed by atoms with Gasteiger partial charge in [0.25, 0.3) is 19.9 Å². The van der Waals surface area contributed by atoms with Crippen molar-refractivity contribution < 1.29 is 30.0 Å². The lowest BCUT2D eigenvalue weighted by molar-refractivity contribution is -0.0436. The molecule has 0 amide bonds. The topological polar surface area (TPSA) is 88.5 Å². The highest BCUT2D eigenvalue weighted by Gasteiger charge is 2.47. The molecule has 1 fully saturated rings. The molecule has 0 bridgehead atoms. The van der Waals surface area contributed by atoms with Crippen LogP contribution in [0.4, 0.5) is 18.9 Å². The third-order valence-corrected chi connectivity index (χ3v) is 8.28. The second kappa shape index (κ2) is 7.53. The van der Waals surface area contributed by atoms with Gasteiger partial charge in [-0.15, -0.1) is 0 Å². The Morgan fingerprint density at radius 1 is 0.871 bits per heavy atom. The lowest BCUT2D eigenvalue weighted by Gasteiger charge is -2.30. The van der Waals surface area contributed by atoms with Crippen molar-refractivity contribution >= 4 is 36.5 Å². The molecule has 0 atom stereocenters. The van der Waals surface area contributed by atoms with E-state index in [2.05, 4.69) is 10.2 Å². The molecule has 7 nitrogen and oxygen atoms in total. The average Bonchev–Trinajstić information content (AvgIpc) is 3.19. The van der Waals surface area contributed by atoms with Crippen LogP contribution in [0.5, 0.6) is 0 Å². The van der Waals surface area contributed by atoms with Crippen molar-refractivity contribution in [2.75, 3.05) is 31.1 Å². The number of hydrogen-bond donors (Lipinski definition) is 1. The monoisotopic (exact) mass is 473 g/mol. The second-order valence-corrected chi connectivity index (χ2v) is 10.7. The predicted octanol–water partition coefficient (Wildman–Crippen LogP) is 2.58. The van der Waals surface area contributed by atoms with Crippen molar-refractivity contribution in [2.45, 2.75) is 15.3 Å². The number of anilines is 1. The smallest absolute Gasteiger partial charge is 0.368 e. The van der Waals surface area contributed by atoms with E-state index in [4.69, 9.17) is 0 Å². The molecule has 12 heteroatoms. The zero-order valence-corrected chi connectivity index (χ0v) is 17.6. The summed E-state index contributed by atoms with van der Waals surface area (Å²) < 4.78 is 89.5. The highest BCUT2D eigenvalue weighted by Crippen LogP contribution is 2.33. The average molecular weight is 473 g/mol. The molecule has 3 aromatic rings. The van der Waals surface area contributed by atoms with Crippen LogP contribution in [0.3, 0.4) is 0 Å². The van der Waals surface area contributed by atoms with Gasteiger partial charge < -0.3 is 10.2 Å². The fourth-order valence-corrected chi connectivity index (χ4v) is 5.84. The third kappa shape index (κ3) is 3.68. The summed E-state index contributed by atoms with van der Waals surface area (Å²) in [6.07, 6.45) is 1.32. The maximum atomic E-state index is 13.2. The minimum atomic E-state index is -5.68. The summed E-state index contributed by atoms with van der Waals surface area (Å²) in [5.41, 5.74) is -4.34. The minimum Gasteiger partial charge on any atom is -0.368 e. The third-order valence-electron chi connectivity index (χ3n) is 5.11. The van der Waals surface area contributed by atoms with E-state index in [-0.39, 0.29) is 0 Å². The molecular formula is C19H18F3N3O4S2. The minimum absolute atomic E-state index is 0.347. The first-order valence-corrected chi connectivity index (χ1v) is 12.2. The summed E-state index contributed by atoms with van der Waals surface area (Å²) >= 11 is 0. The Morgan fingerprint density at radius 3 is 2.19 bits per heavy atom. The van der Waals surface area contributed by atoms with Crippen LogP contribution < -0.4 is 10.2 Å². The van der Waals surface area contributed by atoms with Gasteiger partial charge in [-0.25, -0.2) is 20.8 Å². The quantitative estimate of drug-likeness (QED) is 0.627. The number of fused-ring (bicyclic) bond motifs is 1. The first-order chi connectivity index (χ1) is 14.5. The molecule has 166 valence electrons. The van der Waals surface area contributed by atoms with E-state index in [0.29, 0.717) is 17.0 Å². The van der Waals surface area contributed by atoms with E-state index in [1.54, 1.807) is 18.2 Å². The standard InChI is InChI=1S/C19H18F3N3O4S2/c20-19(21,22)30(26,27)14-3-1-4-15(13-14)31(28,29)25-10-7-16-17(5-2-6-18(16)25)24-11-8-23-9-12-24/h1-7,10,13,23H,8-9,11-12H2. The first kappa shape index (κ1) is 21.7. The molecule has 2 aromatic carbocycles. The largest absolute Gasteiger partial charge is 0.501 e. The Balaban J connectivity index is 1.81. The number of halogens is 3. The molecule has 1 N–H and O–H groups in total. The zero-order valence-electron chi connectivity index (χ0n) is 16.0. The lowest BCUT2D eigenvalue weighted by Crippen LogP contribution is -2.43. The normalized spacial score (nSPS) is 16.0. The van der Waals surface area contributed by atoms with Gasteiger partial charge in [-0.2, -0.15) is 13.2 Å². The number of piperazine rings is 1. The lowest BCUT2D eigenvalue weighted by atomic mass is 10.2. The van der Waals surface area contributed by atoms with Gasteiger partial charge in [0.1, 0.15) is 0 Å². The van der Waals surface area contributed by atoms with E-state index in [1.165, 1.54) is 6.20 Å². The number of nitrogens with zero attached hydrogens (tertiary/aromatic N) is 2. The summed E-state index contributed by atoms with van der Waals surface area (Å²) in [6, 6.07) is 10.1. The van der Waals surface area contributed by atoms with Gasteiger partial charge in [0.05, 0.1) is 15.3 Å². The molecule has 4 rings (SSSR count). The summed E-state index contributed by atoms with van der Waals surface area (Å²) in [5.74, 6) is 0. The van der Waals surface area contributed by atoms with Crippen molar-refractivity contribution in [2.24, 2.45) is 0 Å². The number of rotatable bonds is 4. The summed E-state index contributed by atoms with van der Waals surface area (Å²) in [5, 5.41) is 3.91. The maximum absolute atomic E-state index is 13.2. The van der Waals surface area contributed by atoms with E-state index in [1.807, 2.05) is 6.07 Å². The van der Waals surface area contributed by atoms with Crippen molar-refractivity contribution in [1.29, 1.82) is 0 Å². The van der Waals surface area contributed by atoms with Crippen molar-refractivity contribution in [3.05, 3.63) is 54.7 Å². The van der Waals surface area contributed by atoms with E-state index >= 15 is 0 Å². The molecule has 0 saturated carbocycles. The molecule has 0 aliphatic carbocycles. The predicted molar refractivity (Wildman–Crippen MR) is 109 cm³/mol. The van der Waals surface area contributed by atoms with Crippen LogP contribution in [0.2, 0.25) is 0 Å². The van der Waals surface area contributed by atoms with Gasteiger partial charge in [-0.05, 0) is 36.4 Å². The molecular weight excluding hydrogens is 455 g/mol. The van der Waals surface area contributed by atoms with E-state index in [9.17, 15) is 30.0 Å². The fraction of sp³-hybridized carbons (Fsp3) is 0.263. The van der Waals surface area contributed by atoms with Crippen molar-refractivity contribution in [3.8, 4) is 0 Å². The number of nitrogens with one attached hydrogen (secondary N) is 1. The van der Waals surface area contributed by atoms with Crippen LogP contribution in [-0.4, -0.2) is 52.5 Å². The van der Waals surface area contributed by atoms with Crippen molar-refractivity contribution in [1.82, 2.24) is 9.29 Å². The number of benzene rings is 2. The van der Waals surface area contributed by atoms with Gasteiger partial charge in [-0.3, -0.25) is 0 Å². The van der Waals surface area contributed by atoms with Crippen LogP contribution in [0, 0.1) is 0 Å². The molecule has 31 heavy (non-hydrogen) atoms. The van der Waals surface area contributed by atoms with E-state index in [0.717, 1.165) is 54.0 Å². The summed E-state index contributed by atoms with van der Waals surface area (Å²) in [4.78, 5) is 0.439. The van der Waals surface area contributed by atoms with Crippen LogP contribution in [0.15, 0.2) is 64.5 Å². The Bertz CT molecular complexity index is 1340. The van der Waals surface area contributed by atoms with E-state index < -0.39 is 35.2 Å². The maximum Gasteiger partial charge on any atom is 0.501 e. The molecule has 0 radical (unpaired) electrons. The number of alkyl halides is 3. The summed E-state index contributed by atoms with van der Waals surface area (Å²) in [6.45, 7) is 3.06. The highest BCUT2D eigenvalue weighted by molar-refractivity contribution is 7.92. The summed E-state index contributed by atoms with van der Waals surface area (Å²) in [7, 11) is -10.0. The molecule has 1 aliphatic heterocycles. The molecule has 1 aliphatic rings. The second-order valence-electron chi connectivity index (χ2n) is 6.99. The Hall–Kier alpha value is -2.57. The van der Waals surface area contributed by atoms with Crippen molar-refractivity contribution in [3.63, 3.8) is 0 Å². The highest BCUT2D eigenvalue weighted by atomic mass is 32.2. The van der Waals surface area contributed by atoms with Gasteiger partial charge in [0.2, 0.25) is 0 Å². The number of sulfone groups is 1. The first-order valence-electron chi connectivity index (χ1n) is 9.26. The van der Waals surface area contributed by atoms with Crippen LogP contribution >= 0.6 is 0 Å². The number of aromatic nitrogens is 1. The van der Waals surface area contributed by atoms with Gasteiger partial charge in [0, 0.05) is 43.4 Å².